The van der Waals surface area contributed by atoms with Crippen molar-refractivity contribution >= 4 is 16.9 Å². The summed E-state index contributed by atoms with van der Waals surface area (Å²) in [5.74, 6) is 0.168. The lowest BCUT2D eigenvalue weighted by molar-refractivity contribution is -0.274. The number of halogens is 3. The van der Waals surface area contributed by atoms with Gasteiger partial charge in [0.1, 0.15) is 17.2 Å². The highest BCUT2D eigenvalue weighted by Gasteiger charge is 2.31. The van der Waals surface area contributed by atoms with Crippen molar-refractivity contribution in [3.63, 3.8) is 0 Å². The number of benzene rings is 3. The second-order valence-electron chi connectivity index (χ2n) is 8.21. The zero-order valence-electron chi connectivity index (χ0n) is 20.3. The van der Waals surface area contributed by atoms with Crippen LogP contribution in [-0.4, -0.2) is 35.2 Å². The number of carbonyl (C=O) groups excluding carboxylic acids is 1. The summed E-state index contributed by atoms with van der Waals surface area (Å²) in [5.41, 5.74) is 2.65. The van der Waals surface area contributed by atoms with E-state index in [2.05, 4.69) is 14.9 Å². The van der Waals surface area contributed by atoms with Gasteiger partial charge in [0.05, 0.1) is 17.8 Å². The van der Waals surface area contributed by atoms with Crippen LogP contribution in [0.1, 0.15) is 36.8 Å². The first kappa shape index (κ1) is 25.9. The van der Waals surface area contributed by atoms with Crippen molar-refractivity contribution in [2.75, 3.05) is 6.61 Å². The molecular formula is C27H25F3N2O5. The molecule has 0 fully saturated rings. The van der Waals surface area contributed by atoms with E-state index in [1.165, 1.54) is 24.3 Å². The van der Waals surface area contributed by atoms with Crippen LogP contribution in [0.15, 0.2) is 66.7 Å². The summed E-state index contributed by atoms with van der Waals surface area (Å²) in [4.78, 5) is 11.9. The highest BCUT2D eigenvalue weighted by Crippen LogP contribution is 2.35. The molecule has 194 valence electrons. The van der Waals surface area contributed by atoms with Gasteiger partial charge in [0, 0.05) is 5.39 Å². The Bertz CT molecular complexity index is 1370. The number of nitrogens with zero attached hydrogens (tertiary/aromatic N) is 1. The van der Waals surface area contributed by atoms with Crippen LogP contribution in [0.2, 0.25) is 0 Å². The molecule has 0 aliphatic heterocycles. The summed E-state index contributed by atoms with van der Waals surface area (Å²) < 4.78 is 58.9. The first-order valence-corrected chi connectivity index (χ1v) is 11.5. The highest BCUT2D eigenvalue weighted by atomic mass is 19.4. The molecular weight excluding hydrogens is 489 g/mol. The number of aromatic amines is 1. The first-order chi connectivity index (χ1) is 17.6. The number of ether oxygens (including phenoxy) is 4. The summed E-state index contributed by atoms with van der Waals surface area (Å²) in [6.07, 6.45) is -6.30. The standard InChI is InChI=1S/C27H25F3N2O5/c1-4-34-26(33)17(3)35-23-14-13-20(15-16(23)2)36-25(24-21-7-5-6-8-22(21)31-32-24)18-9-11-19(12-10-18)37-27(28,29)30/h5-15,17,25H,4H2,1-3H3,(H,31,32). The highest BCUT2D eigenvalue weighted by molar-refractivity contribution is 5.82. The third-order valence-electron chi connectivity index (χ3n) is 5.49. The molecule has 4 rings (SSSR count). The lowest BCUT2D eigenvalue weighted by Crippen LogP contribution is -2.26. The van der Waals surface area contributed by atoms with Crippen molar-refractivity contribution in [2.24, 2.45) is 0 Å². The molecule has 0 saturated carbocycles. The van der Waals surface area contributed by atoms with E-state index in [0.717, 1.165) is 16.5 Å². The Morgan fingerprint density at radius 3 is 2.38 bits per heavy atom. The minimum Gasteiger partial charge on any atom is -0.479 e. The van der Waals surface area contributed by atoms with Gasteiger partial charge in [-0.25, -0.2) is 4.79 Å². The molecule has 37 heavy (non-hydrogen) atoms. The smallest absolute Gasteiger partial charge is 0.479 e. The minimum atomic E-state index is -4.79. The minimum absolute atomic E-state index is 0.255. The van der Waals surface area contributed by atoms with Crippen LogP contribution in [0.5, 0.6) is 17.2 Å². The van der Waals surface area contributed by atoms with E-state index in [0.29, 0.717) is 22.8 Å². The van der Waals surface area contributed by atoms with Gasteiger partial charge in [-0.05, 0) is 68.3 Å². The number of hydrogen-bond donors (Lipinski definition) is 1. The number of aromatic nitrogens is 2. The summed E-state index contributed by atoms with van der Waals surface area (Å²) in [6.45, 7) is 5.39. The monoisotopic (exact) mass is 514 g/mol. The van der Waals surface area contributed by atoms with Crippen LogP contribution < -0.4 is 14.2 Å². The molecule has 1 aromatic heterocycles. The topological polar surface area (TPSA) is 82.7 Å². The molecule has 0 bridgehead atoms. The summed E-state index contributed by atoms with van der Waals surface area (Å²) in [5, 5.41) is 8.13. The Balaban J connectivity index is 1.64. The van der Waals surface area contributed by atoms with Crippen LogP contribution in [0.4, 0.5) is 13.2 Å². The summed E-state index contributed by atoms with van der Waals surface area (Å²) in [7, 11) is 0. The maximum atomic E-state index is 12.6. The Labute approximate surface area is 211 Å². The van der Waals surface area contributed by atoms with Crippen LogP contribution in [0, 0.1) is 6.92 Å². The molecule has 4 aromatic rings. The Morgan fingerprint density at radius 1 is 1.00 bits per heavy atom. The Hall–Kier alpha value is -4.21. The molecule has 0 spiro atoms. The SMILES string of the molecule is CCOC(=O)C(C)Oc1ccc(OC(c2ccc(OC(F)(F)F)cc2)c2[nH]nc3ccccc23)cc1C. The summed E-state index contributed by atoms with van der Waals surface area (Å²) in [6, 6.07) is 18.0. The maximum Gasteiger partial charge on any atom is 0.573 e. The number of nitrogens with one attached hydrogen (secondary N) is 1. The molecule has 7 nitrogen and oxygen atoms in total. The molecule has 0 amide bonds. The van der Waals surface area contributed by atoms with Gasteiger partial charge in [0.15, 0.2) is 12.2 Å². The van der Waals surface area contributed by atoms with E-state index in [1.807, 2.05) is 31.2 Å². The normalized spacial score (nSPS) is 13.1. The average Bonchev–Trinajstić information content (AvgIpc) is 3.28. The quantitative estimate of drug-likeness (QED) is 0.265. The van der Waals surface area contributed by atoms with Gasteiger partial charge in [0.25, 0.3) is 0 Å². The van der Waals surface area contributed by atoms with E-state index < -0.39 is 24.5 Å². The van der Waals surface area contributed by atoms with Gasteiger partial charge < -0.3 is 18.9 Å². The number of para-hydroxylation sites is 1. The number of carbonyl (C=O) groups is 1. The number of H-pyrrole nitrogens is 1. The molecule has 1 N–H and O–H groups in total. The molecule has 1 heterocycles. The number of aryl methyl sites for hydroxylation is 1. The second-order valence-corrected chi connectivity index (χ2v) is 8.21. The van der Waals surface area contributed by atoms with E-state index in [1.54, 1.807) is 32.0 Å². The molecule has 2 atom stereocenters. The average molecular weight is 515 g/mol. The zero-order valence-corrected chi connectivity index (χ0v) is 20.3. The Kier molecular flexibility index (Phi) is 7.56. The van der Waals surface area contributed by atoms with Gasteiger partial charge in [-0.15, -0.1) is 13.2 Å². The Morgan fingerprint density at radius 2 is 1.70 bits per heavy atom. The van der Waals surface area contributed by atoms with Crippen molar-refractivity contribution in [3.05, 3.63) is 83.6 Å². The molecule has 0 aliphatic carbocycles. The second kappa shape index (κ2) is 10.8. The first-order valence-electron chi connectivity index (χ1n) is 11.5. The predicted octanol–water partition coefficient (Wildman–Crippen LogP) is 6.27. The van der Waals surface area contributed by atoms with E-state index in [-0.39, 0.29) is 12.4 Å². The van der Waals surface area contributed by atoms with Crippen molar-refractivity contribution in [2.45, 2.75) is 39.3 Å². The lowest BCUT2D eigenvalue weighted by atomic mass is 10.0. The number of alkyl halides is 3. The lowest BCUT2D eigenvalue weighted by Gasteiger charge is -2.21. The molecule has 0 saturated heterocycles. The van der Waals surface area contributed by atoms with Gasteiger partial charge >= 0.3 is 12.3 Å². The van der Waals surface area contributed by atoms with E-state index in [4.69, 9.17) is 14.2 Å². The third-order valence-corrected chi connectivity index (χ3v) is 5.49. The fourth-order valence-corrected chi connectivity index (χ4v) is 3.78. The van der Waals surface area contributed by atoms with Crippen molar-refractivity contribution in [3.8, 4) is 17.2 Å². The summed E-state index contributed by atoms with van der Waals surface area (Å²) >= 11 is 0. The fraction of sp³-hybridized carbons (Fsp3) is 0.259. The van der Waals surface area contributed by atoms with Crippen molar-refractivity contribution in [1.82, 2.24) is 10.2 Å². The van der Waals surface area contributed by atoms with E-state index in [9.17, 15) is 18.0 Å². The predicted molar refractivity (Wildman–Crippen MR) is 130 cm³/mol. The van der Waals surface area contributed by atoms with Crippen LogP contribution in [0.3, 0.4) is 0 Å². The third kappa shape index (κ3) is 6.32. The zero-order chi connectivity index (χ0) is 26.6. The van der Waals surface area contributed by atoms with Gasteiger partial charge in [-0.2, -0.15) is 5.10 Å². The number of hydrogen-bond acceptors (Lipinski definition) is 6. The fourth-order valence-electron chi connectivity index (χ4n) is 3.78. The molecule has 0 aliphatic rings. The van der Waals surface area contributed by atoms with E-state index >= 15 is 0 Å². The number of fused-ring (bicyclic) bond motifs is 1. The van der Waals surface area contributed by atoms with Crippen LogP contribution >= 0.6 is 0 Å². The van der Waals surface area contributed by atoms with Crippen molar-refractivity contribution in [1.29, 1.82) is 0 Å². The van der Waals surface area contributed by atoms with Gasteiger partial charge in [-0.1, -0.05) is 30.3 Å². The number of esters is 1. The molecule has 0 radical (unpaired) electrons. The van der Waals surface area contributed by atoms with Crippen LogP contribution in [0.25, 0.3) is 10.9 Å². The largest absolute Gasteiger partial charge is 0.573 e. The number of rotatable bonds is 9. The molecule has 3 aromatic carbocycles. The van der Waals surface area contributed by atoms with Gasteiger partial charge in [-0.3, -0.25) is 5.10 Å². The maximum absolute atomic E-state index is 12.6. The molecule has 10 heteroatoms. The van der Waals surface area contributed by atoms with Gasteiger partial charge in [0.2, 0.25) is 0 Å². The van der Waals surface area contributed by atoms with Crippen LogP contribution in [-0.2, 0) is 9.53 Å². The molecule has 2 unspecified atom stereocenters. The van der Waals surface area contributed by atoms with Crippen molar-refractivity contribution < 1.29 is 36.9 Å².